The summed E-state index contributed by atoms with van der Waals surface area (Å²) in [6, 6.07) is 1.92. The molecule has 0 unspecified atom stereocenters. The second-order valence-corrected chi connectivity index (χ2v) is 3.16. The van der Waals surface area contributed by atoms with E-state index in [4.69, 9.17) is 0 Å². The molecule has 74 valence electrons. The third-order valence-electron chi connectivity index (χ3n) is 2.04. The van der Waals surface area contributed by atoms with E-state index in [9.17, 15) is 0 Å². The number of hydrogen-bond donors (Lipinski definition) is 1. The molecule has 0 bridgehead atoms. The van der Waals surface area contributed by atoms with Crippen LogP contribution in [0.5, 0.6) is 0 Å². The van der Waals surface area contributed by atoms with Gasteiger partial charge in [0.15, 0.2) is 11.5 Å². The lowest BCUT2D eigenvalue weighted by molar-refractivity contribution is 0.681. The summed E-state index contributed by atoms with van der Waals surface area (Å²) in [6.45, 7) is 5.65. The normalized spacial score (nSPS) is 11.0. The first-order valence-corrected chi connectivity index (χ1v) is 4.68. The van der Waals surface area contributed by atoms with Gasteiger partial charge in [-0.1, -0.05) is 6.92 Å². The molecule has 0 saturated heterocycles. The lowest BCUT2D eigenvalue weighted by atomic mass is 10.4. The van der Waals surface area contributed by atoms with E-state index in [1.54, 1.807) is 6.33 Å². The van der Waals surface area contributed by atoms with E-state index in [1.807, 2.05) is 17.4 Å². The molecule has 0 aromatic carbocycles. The van der Waals surface area contributed by atoms with Crippen molar-refractivity contribution in [3.63, 3.8) is 0 Å². The Morgan fingerprint density at radius 2 is 2.29 bits per heavy atom. The minimum absolute atomic E-state index is 0.725. The van der Waals surface area contributed by atoms with Crippen LogP contribution in [0.25, 0.3) is 5.65 Å². The molecule has 0 spiro atoms. The van der Waals surface area contributed by atoms with Crippen molar-refractivity contribution in [1.82, 2.24) is 24.9 Å². The van der Waals surface area contributed by atoms with Crippen molar-refractivity contribution in [3.8, 4) is 0 Å². The van der Waals surface area contributed by atoms with Crippen LogP contribution in [0.3, 0.4) is 0 Å². The Kier molecular flexibility index (Phi) is 2.41. The topological polar surface area (TPSA) is 55.1 Å². The summed E-state index contributed by atoms with van der Waals surface area (Å²) >= 11 is 0. The Hall–Kier alpha value is -1.49. The van der Waals surface area contributed by atoms with E-state index in [1.165, 1.54) is 0 Å². The number of aromatic nitrogens is 4. The van der Waals surface area contributed by atoms with Crippen molar-refractivity contribution in [2.24, 2.45) is 0 Å². The van der Waals surface area contributed by atoms with Gasteiger partial charge in [-0.3, -0.25) is 4.40 Å². The monoisotopic (exact) mass is 191 g/mol. The maximum absolute atomic E-state index is 4.20. The smallest absolute Gasteiger partial charge is 0.163 e. The zero-order valence-electron chi connectivity index (χ0n) is 8.36. The van der Waals surface area contributed by atoms with E-state index >= 15 is 0 Å². The lowest BCUT2D eigenvalue weighted by Gasteiger charge is -1.99. The number of aryl methyl sites for hydroxylation is 1. The van der Waals surface area contributed by atoms with Crippen molar-refractivity contribution in [2.45, 2.75) is 20.4 Å². The summed E-state index contributed by atoms with van der Waals surface area (Å²) in [4.78, 5) is 4.20. The SMILES string of the molecule is CCNCc1nnc2cc(C)ncn12. The van der Waals surface area contributed by atoms with E-state index in [-0.39, 0.29) is 0 Å². The Morgan fingerprint density at radius 1 is 1.43 bits per heavy atom. The van der Waals surface area contributed by atoms with Gasteiger partial charge >= 0.3 is 0 Å². The van der Waals surface area contributed by atoms with Crippen molar-refractivity contribution >= 4 is 5.65 Å². The summed E-state index contributed by atoms with van der Waals surface area (Å²) in [6.07, 6.45) is 1.76. The van der Waals surface area contributed by atoms with Crippen LogP contribution in [0, 0.1) is 6.92 Å². The number of nitrogens with zero attached hydrogens (tertiary/aromatic N) is 4. The Labute approximate surface area is 82.2 Å². The molecule has 2 aromatic heterocycles. The second kappa shape index (κ2) is 3.71. The highest BCUT2D eigenvalue weighted by molar-refractivity contribution is 5.37. The number of hydrogen-bond acceptors (Lipinski definition) is 4. The maximum atomic E-state index is 4.20. The Bertz CT molecular complexity index is 434. The molecule has 0 aliphatic carbocycles. The third-order valence-corrected chi connectivity index (χ3v) is 2.04. The first-order chi connectivity index (χ1) is 6.81. The second-order valence-electron chi connectivity index (χ2n) is 3.16. The molecular weight excluding hydrogens is 178 g/mol. The molecule has 2 aromatic rings. The molecule has 0 radical (unpaired) electrons. The van der Waals surface area contributed by atoms with Gasteiger partial charge in [-0.2, -0.15) is 0 Å². The number of nitrogens with one attached hydrogen (secondary N) is 1. The average molecular weight is 191 g/mol. The van der Waals surface area contributed by atoms with Crippen LogP contribution in [0.4, 0.5) is 0 Å². The van der Waals surface area contributed by atoms with E-state index in [2.05, 4.69) is 27.4 Å². The third kappa shape index (κ3) is 1.58. The van der Waals surface area contributed by atoms with Crippen molar-refractivity contribution in [3.05, 3.63) is 23.9 Å². The molecule has 5 heteroatoms. The molecule has 5 nitrogen and oxygen atoms in total. The lowest BCUT2D eigenvalue weighted by Crippen LogP contribution is -2.14. The highest BCUT2D eigenvalue weighted by atomic mass is 15.3. The van der Waals surface area contributed by atoms with Crippen LogP contribution >= 0.6 is 0 Å². The number of rotatable bonds is 3. The zero-order valence-corrected chi connectivity index (χ0v) is 8.36. The van der Waals surface area contributed by atoms with Crippen LogP contribution in [0.15, 0.2) is 12.4 Å². The fourth-order valence-corrected chi connectivity index (χ4v) is 1.29. The summed E-state index contributed by atoms with van der Waals surface area (Å²) in [7, 11) is 0. The van der Waals surface area contributed by atoms with Gasteiger partial charge in [0.25, 0.3) is 0 Å². The Morgan fingerprint density at radius 3 is 3.07 bits per heavy atom. The molecule has 0 fully saturated rings. The van der Waals surface area contributed by atoms with Gasteiger partial charge in [0.2, 0.25) is 0 Å². The van der Waals surface area contributed by atoms with Gasteiger partial charge in [-0.05, 0) is 13.5 Å². The summed E-state index contributed by atoms with van der Waals surface area (Å²) in [5, 5.41) is 11.4. The van der Waals surface area contributed by atoms with Gasteiger partial charge in [0, 0.05) is 11.8 Å². The fraction of sp³-hybridized carbons (Fsp3) is 0.444. The van der Waals surface area contributed by atoms with Crippen LogP contribution in [-0.4, -0.2) is 26.1 Å². The van der Waals surface area contributed by atoms with E-state index < -0.39 is 0 Å². The van der Waals surface area contributed by atoms with E-state index in [0.29, 0.717) is 0 Å². The average Bonchev–Trinajstić information content (AvgIpc) is 2.57. The van der Waals surface area contributed by atoms with Crippen molar-refractivity contribution in [2.75, 3.05) is 6.54 Å². The largest absolute Gasteiger partial charge is 0.310 e. The standard InChI is InChI=1S/C9H13N5/c1-3-10-5-9-13-12-8-4-7(2)11-6-14(8)9/h4,6,10H,3,5H2,1-2H3. The van der Waals surface area contributed by atoms with Gasteiger partial charge in [-0.15, -0.1) is 10.2 Å². The Balaban J connectivity index is 2.37. The molecule has 14 heavy (non-hydrogen) atoms. The predicted octanol–water partition coefficient (Wildman–Crippen LogP) is 0.542. The first kappa shape index (κ1) is 9.08. The van der Waals surface area contributed by atoms with Crippen LogP contribution < -0.4 is 5.32 Å². The molecular formula is C9H13N5. The highest BCUT2D eigenvalue weighted by Crippen LogP contribution is 2.03. The van der Waals surface area contributed by atoms with Crippen LogP contribution in [-0.2, 0) is 6.54 Å². The van der Waals surface area contributed by atoms with Crippen molar-refractivity contribution in [1.29, 1.82) is 0 Å². The maximum Gasteiger partial charge on any atom is 0.163 e. The molecule has 1 N–H and O–H groups in total. The molecule has 2 heterocycles. The van der Waals surface area contributed by atoms with Gasteiger partial charge in [-0.25, -0.2) is 4.98 Å². The van der Waals surface area contributed by atoms with Gasteiger partial charge in [0.1, 0.15) is 6.33 Å². The van der Waals surface area contributed by atoms with Crippen LogP contribution in [0.2, 0.25) is 0 Å². The minimum atomic E-state index is 0.725. The number of fused-ring (bicyclic) bond motifs is 1. The predicted molar refractivity (Wildman–Crippen MR) is 52.9 cm³/mol. The molecule has 0 aliphatic heterocycles. The summed E-state index contributed by atoms with van der Waals surface area (Å²) in [5.41, 5.74) is 1.81. The first-order valence-electron chi connectivity index (χ1n) is 4.68. The molecule has 0 atom stereocenters. The fourth-order valence-electron chi connectivity index (χ4n) is 1.29. The molecule has 0 aliphatic rings. The zero-order chi connectivity index (χ0) is 9.97. The molecule has 2 rings (SSSR count). The summed E-state index contributed by atoms with van der Waals surface area (Å²) < 4.78 is 1.90. The molecule has 0 amide bonds. The molecule has 0 saturated carbocycles. The van der Waals surface area contributed by atoms with Gasteiger partial charge in [0.05, 0.1) is 6.54 Å². The quantitative estimate of drug-likeness (QED) is 0.769. The van der Waals surface area contributed by atoms with Crippen molar-refractivity contribution < 1.29 is 0 Å². The van der Waals surface area contributed by atoms with Gasteiger partial charge < -0.3 is 5.32 Å². The summed E-state index contributed by atoms with van der Waals surface area (Å²) in [5.74, 6) is 0.898. The van der Waals surface area contributed by atoms with E-state index in [0.717, 1.165) is 30.3 Å². The van der Waals surface area contributed by atoms with Crippen LogP contribution in [0.1, 0.15) is 18.4 Å². The minimum Gasteiger partial charge on any atom is -0.310 e. The highest BCUT2D eigenvalue weighted by Gasteiger charge is 2.04.